The molecule has 0 aliphatic heterocycles. The highest BCUT2D eigenvalue weighted by atomic mass is 32.1. The van der Waals surface area contributed by atoms with Gasteiger partial charge in [-0.3, -0.25) is 19.7 Å². The number of non-ortho nitro benzene ring substituents is 1. The highest BCUT2D eigenvalue weighted by Gasteiger charge is 2.20. The Labute approximate surface area is 177 Å². The number of benzene rings is 2. The number of nitro benzene ring substituents is 1. The van der Waals surface area contributed by atoms with Crippen molar-refractivity contribution in [3.63, 3.8) is 0 Å². The average molecular weight is 421 g/mol. The third kappa shape index (κ3) is 4.98. The summed E-state index contributed by atoms with van der Waals surface area (Å²) in [6.07, 6.45) is 3.47. The Morgan fingerprint density at radius 1 is 1.13 bits per heavy atom. The quantitative estimate of drug-likeness (QED) is 0.336. The topological polar surface area (TPSA) is 115 Å². The fraction of sp³-hybridized carbons (Fsp3) is 0.0909. The number of carbonyl (C=O) groups is 2. The van der Waals surface area contributed by atoms with E-state index >= 15 is 0 Å². The van der Waals surface area contributed by atoms with Gasteiger partial charge in [0.25, 0.3) is 11.6 Å². The number of nitro groups is 1. The van der Waals surface area contributed by atoms with Crippen molar-refractivity contribution < 1.29 is 14.5 Å². The van der Waals surface area contributed by atoms with Crippen LogP contribution in [0.5, 0.6) is 0 Å². The minimum absolute atomic E-state index is 0.0253. The van der Waals surface area contributed by atoms with Crippen molar-refractivity contribution in [2.75, 3.05) is 5.32 Å². The summed E-state index contributed by atoms with van der Waals surface area (Å²) in [6, 6.07) is 15.6. The van der Waals surface area contributed by atoms with Gasteiger partial charge in [0.2, 0.25) is 5.91 Å². The Morgan fingerprint density at radius 3 is 2.40 bits per heavy atom. The third-order valence-corrected chi connectivity index (χ3v) is 5.67. The number of primary amides is 1. The molecular formula is C22H19N3O4S. The van der Waals surface area contributed by atoms with Crippen LogP contribution in [0.25, 0.3) is 6.08 Å². The van der Waals surface area contributed by atoms with E-state index in [4.69, 9.17) is 5.73 Å². The Balaban J connectivity index is 1.77. The van der Waals surface area contributed by atoms with Crippen molar-refractivity contribution in [1.29, 1.82) is 0 Å². The Kier molecular flexibility index (Phi) is 6.38. The molecule has 3 aromatic rings. The van der Waals surface area contributed by atoms with E-state index in [2.05, 4.69) is 5.32 Å². The van der Waals surface area contributed by atoms with Gasteiger partial charge in [-0.25, -0.2) is 0 Å². The van der Waals surface area contributed by atoms with Crippen LogP contribution < -0.4 is 11.1 Å². The molecule has 0 aliphatic carbocycles. The van der Waals surface area contributed by atoms with Crippen LogP contribution in [-0.4, -0.2) is 16.7 Å². The van der Waals surface area contributed by atoms with Crippen LogP contribution in [0.3, 0.4) is 0 Å². The minimum atomic E-state index is -0.599. The van der Waals surface area contributed by atoms with E-state index in [1.807, 2.05) is 37.3 Å². The predicted octanol–water partition coefficient (Wildman–Crippen LogP) is 4.31. The monoisotopic (exact) mass is 421 g/mol. The Bertz CT molecular complexity index is 1120. The number of nitrogens with one attached hydrogen (secondary N) is 1. The highest BCUT2D eigenvalue weighted by molar-refractivity contribution is 7.17. The first kappa shape index (κ1) is 20.9. The van der Waals surface area contributed by atoms with Crippen LogP contribution >= 0.6 is 11.3 Å². The molecular weight excluding hydrogens is 402 g/mol. The Hall–Kier alpha value is -3.78. The van der Waals surface area contributed by atoms with E-state index in [9.17, 15) is 19.7 Å². The summed E-state index contributed by atoms with van der Waals surface area (Å²) in [4.78, 5) is 35.5. The summed E-state index contributed by atoms with van der Waals surface area (Å²) < 4.78 is 0. The van der Waals surface area contributed by atoms with Crippen LogP contribution in [0, 0.1) is 17.0 Å². The van der Waals surface area contributed by atoms with Crippen LogP contribution in [0.1, 0.15) is 31.9 Å². The van der Waals surface area contributed by atoms with Crippen molar-refractivity contribution in [2.45, 2.75) is 13.3 Å². The summed E-state index contributed by atoms with van der Waals surface area (Å²) in [7, 11) is 0. The maximum Gasteiger partial charge on any atom is 0.269 e. The molecule has 0 radical (unpaired) electrons. The standard InChI is InChI=1S/C22H19N3O4S/c1-14-18(13-16-5-3-2-4-6-16)30-22(20(14)21(23)27)24-19(26)12-9-15-7-10-17(11-8-15)25(28)29/h2-12H,13H2,1H3,(H2,23,27)(H,24,26)/b12-9+. The van der Waals surface area contributed by atoms with Crippen LogP contribution in [0.15, 0.2) is 60.7 Å². The molecule has 30 heavy (non-hydrogen) atoms. The molecule has 0 atom stereocenters. The fourth-order valence-corrected chi connectivity index (χ4v) is 4.18. The lowest BCUT2D eigenvalue weighted by molar-refractivity contribution is -0.384. The molecule has 152 valence electrons. The second kappa shape index (κ2) is 9.15. The van der Waals surface area contributed by atoms with E-state index in [0.717, 1.165) is 16.0 Å². The van der Waals surface area contributed by atoms with Gasteiger partial charge in [0.15, 0.2) is 0 Å². The van der Waals surface area contributed by atoms with E-state index in [-0.39, 0.29) is 5.69 Å². The summed E-state index contributed by atoms with van der Waals surface area (Å²) >= 11 is 1.32. The first-order chi connectivity index (χ1) is 14.3. The van der Waals surface area contributed by atoms with E-state index in [1.165, 1.54) is 35.6 Å². The molecule has 0 bridgehead atoms. The molecule has 3 N–H and O–H groups in total. The molecule has 1 aromatic heterocycles. The second-order valence-electron chi connectivity index (χ2n) is 6.55. The lowest BCUT2D eigenvalue weighted by atomic mass is 10.1. The number of nitrogens with zero attached hydrogens (tertiary/aromatic N) is 1. The number of rotatable bonds is 7. The molecule has 0 saturated carbocycles. The molecule has 7 nitrogen and oxygen atoms in total. The van der Waals surface area contributed by atoms with Crippen LogP contribution in [0.2, 0.25) is 0 Å². The van der Waals surface area contributed by atoms with Gasteiger partial charge in [-0.15, -0.1) is 11.3 Å². The van der Waals surface area contributed by atoms with Crippen LogP contribution in [-0.2, 0) is 11.2 Å². The molecule has 1 heterocycles. The number of thiophene rings is 1. The van der Waals surface area contributed by atoms with Gasteiger partial charge in [0, 0.05) is 29.5 Å². The zero-order valence-corrected chi connectivity index (χ0v) is 16.9. The number of hydrogen-bond donors (Lipinski definition) is 2. The zero-order chi connectivity index (χ0) is 21.7. The molecule has 0 unspecified atom stereocenters. The normalized spacial score (nSPS) is 10.8. The minimum Gasteiger partial charge on any atom is -0.365 e. The molecule has 0 saturated heterocycles. The fourth-order valence-electron chi connectivity index (χ4n) is 2.93. The van der Waals surface area contributed by atoms with Gasteiger partial charge in [-0.2, -0.15) is 0 Å². The van der Waals surface area contributed by atoms with Crippen molar-refractivity contribution in [3.05, 3.63) is 97.9 Å². The number of hydrogen-bond acceptors (Lipinski definition) is 5. The summed E-state index contributed by atoms with van der Waals surface area (Å²) in [6.45, 7) is 1.82. The van der Waals surface area contributed by atoms with E-state index in [1.54, 1.807) is 12.1 Å². The summed E-state index contributed by atoms with van der Waals surface area (Å²) in [5, 5.41) is 13.8. The number of carbonyl (C=O) groups excluding carboxylic acids is 2. The molecule has 2 amide bonds. The molecule has 3 rings (SSSR count). The molecule has 0 aliphatic rings. The maximum atomic E-state index is 12.4. The van der Waals surface area contributed by atoms with Crippen molar-refractivity contribution in [1.82, 2.24) is 0 Å². The smallest absolute Gasteiger partial charge is 0.269 e. The maximum absolute atomic E-state index is 12.4. The SMILES string of the molecule is Cc1c(Cc2ccccc2)sc(NC(=O)/C=C/c2ccc([N+](=O)[O-])cc2)c1C(N)=O. The number of amides is 2. The predicted molar refractivity (Wildman–Crippen MR) is 118 cm³/mol. The summed E-state index contributed by atoms with van der Waals surface area (Å²) in [5.41, 5.74) is 8.31. The molecule has 0 spiro atoms. The first-order valence-corrected chi connectivity index (χ1v) is 9.86. The average Bonchev–Trinajstić information content (AvgIpc) is 3.02. The Morgan fingerprint density at radius 2 is 1.80 bits per heavy atom. The molecule has 2 aromatic carbocycles. The largest absolute Gasteiger partial charge is 0.365 e. The molecule has 0 fully saturated rings. The number of anilines is 1. The van der Waals surface area contributed by atoms with E-state index in [0.29, 0.717) is 22.5 Å². The van der Waals surface area contributed by atoms with Crippen LogP contribution in [0.4, 0.5) is 10.7 Å². The van der Waals surface area contributed by atoms with Crippen molar-refractivity contribution >= 4 is 39.9 Å². The van der Waals surface area contributed by atoms with Gasteiger partial charge in [-0.05, 0) is 41.8 Å². The number of nitrogens with two attached hydrogens (primary N) is 1. The second-order valence-corrected chi connectivity index (χ2v) is 7.66. The van der Waals surface area contributed by atoms with Gasteiger partial charge in [-0.1, -0.05) is 30.3 Å². The van der Waals surface area contributed by atoms with Gasteiger partial charge in [0.1, 0.15) is 5.00 Å². The first-order valence-electron chi connectivity index (χ1n) is 9.04. The third-order valence-electron chi connectivity index (χ3n) is 4.47. The zero-order valence-electron chi connectivity index (χ0n) is 16.1. The van der Waals surface area contributed by atoms with E-state index < -0.39 is 16.7 Å². The lowest BCUT2D eigenvalue weighted by Gasteiger charge is -2.02. The summed E-state index contributed by atoms with van der Waals surface area (Å²) in [5.74, 6) is -1.03. The molecule has 8 heteroatoms. The lowest BCUT2D eigenvalue weighted by Crippen LogP contribution is -2.16. The van der Waals surface area contributed by atoms with Gasteiger partial charge < -0.3 is 11.1 Å². The van der Waals surface area contributed by atoms with Crippen molar-refractivity contribution in [2.24, 2.45) is 5.73 Å². The highest BCUT2D eigenvalue weighted by Crippen LogP contribution is 2.34. The van der Waals surface area contributed by atoms with Crippen molar-refractivity contribution in [3.8, 4) is 0 Å². The van der Waals surface area contributed by atoms with Gasteiger partial charge in [0.05, 0.1) is 10.5 Å². The van der Waals surface area contributed by atoms with Gasteiger partial charge >= 0.3 is 0 Å².